The highest BCUT2D eigenvalue weighted by molar-refractivity contribution is 5.79. The van der Waals surface area contributed by atoms with Gasteiger partial charge in [-0.15, -0.1) is 0 Å². The van der Waals surface area contributed by atoms with Crippen LogP contribution in [0.3, 0.4) is 0 Å². The second-order valence-corrected chi connectivity index (χ2v) is 5.64. The van der Waals surface area contributed by atoms with Gasteiger partial charge >= 0.3 is 0 Å². The van der Waals surface area contributed by atoms with Crippen molar-refractivity contribution in [2.45, 2.75) is 26.8 Å². The number of hydrogen-bond donors (Lipinski definition) is 2. The van der Waals surface area contributed by atoms with Crippen LogP contribution in [0.25, 0.3) is 0 Å². The summed E-state index contributed by atoms with van der Waals surface area (Å²) in [7, 11) is 1.68. The molecule has 0 amide bonds. The predicted octanol–water partition coefficient (Wildman–Crippen LogP) is 2.32. The predicted molar refractivity (Wildman–Crippen MR) is 91.6 cm³/mol. The molecule has 0 aliphatic rings. The minimum absolute atomic E-state index is 0.0913. The second-order valence-electron chi connectivity index (χ2n) is 5.64. The summed E-state index contributed by atoms with van der Waals surface area (Å²) in [5, 5.41) is 17.2. The summed E-state index contributed by atoms with van der Waals surface area (Å²) in [6.45, 7) is 7.04. The van der Waals surface area contributed by atoms with E-state index < -0.39 is 4.92 Å². The molecular formula is C16H26N4O3. The molecule has 7 heteroatoms. The van der Waals surface area contributed by atoms with Crippen LogP contribution in [-0.2, 0) is 11.3 Å². The summed E-state index contributed by atoms with van der Waals surface area (Å²) in [5.74, 6) is 1.26. The number of aliphatic imine (C=N–C) groups is 1. The minimum atomic E-state index is -0.403. The molecule has 0 unspecified atom stereocenters. The molecule has 2 N–H and O–H groups in total. The first-order valence-corrected chi connectivity index (χ1v) is 7.77. The van der Waals surface area contributed by atoms with E-state index in [1.165, 1.54) is 12.1 Å². The van der Waals surface area contributed by atoms with E-state index in [0.29, 0.717) is 19.1 Å². The average molecular weight is 322 g/mol. The molecule has 0 bridgehead atoms. The zero-order chi connectivity index (χ0) is 17.1. The largest absolute Gasteiger partial charge is 0.385 e. The summed E-state index contributed by atoms with van der Waals surface area (Å²) in [4.78, 5) is 14.8. The van der Waals surface area contributed by atoms with Gasteiger partial charge in [0.05, 0.1) is 11.5 Å². The topological polar surface area (TPSA) is 88.8 Å². The molecule has 7 nitrogen and oxygen atoms in total. The minimum Gasteiger partial charge on any atom is -0.385 e. The third-order valence-electron chi connectivity index (χ3n) is 3.06. The van der Waals surface area contributed by atoms with Crippen LogP contribution in [0.15, 0.2) is 29.3 Å². The van der Waals surface area contributed by atoms with E-state index in [-0.39, 0.29) is 5.69 Å². The van der Waals surface area contributed by atoms with Gasteiger partial charge in [-0.2, -0.15) is 0 Å². The fourth-order valence-electron chi connectivity index (χ4n) is 1.79. The number of nitrogens with zero attached hydrogens (tertiary/aromatic N) is 2. The molecule has 0 spiro atoms. The molecule has 0 fully saturated rings. The standard InChI is InChI=1S/C16H26N4O3/c1-13(2)11-18-16(17-9-4-10-23-3)19-12-14-5-7-15(8-6-14)20(21)22/h5-8,13H,4,9-12H2,1-3H3,(H2,17,18,19). The third-order valence-corrected chi connectivity index (χ3v) is 3.06. The third kappa shape index (κ3) is 8.15. The Morgan fingerprint density at radius 3 is 2.57 bits per heavy atom. The Kier molecular flexibility index (Phi) is 8.67. The smallest absolute Gasteiger partial charge is 0.269 e. The Hall–Kier alpha value is -2.15. The lowest BCUT2D eigenvalue weighted by atomic mass is 10.2. The number of rotatable bonds is 9. The van der Waals surface area contributed by atoms with Gasteiger partial charge in [-0.05, 0) is 17.9 Å². The highest BCUT2D eigenvalue weighted by atomic mass is 16.6. The lowest BCUT2D eigenvalue weighted by molar-refractivity contribution is -0.384. The van der Waals surface area contributed by atoms with Crippen LogP contribution in [0.2, 0.25) is 0 Å². The molecular weight excluding hydrogens is 296 g/mol. The molecule has 0 saturated carbocycles. The van der Waals surface area contributed by atoms with Crippen molar-refractivity contribution in [1.82, 2.24) is 10.6 Å². The SMILES string of the molecule is COCCCNC(=NCc1ccc([N+](=O)[O-])cc1)NCC(C)C. The molecule has 1 aromatic carbocycles. The lowest BCUT2D eigenvalue weighted by Crippen LogP contribution is -2.39. The van der Waals surface area contributed by atoms with Gasteiger partial charge in [-0.3, -0.25) is 10.1 Å². The summed E-state index contributed by atoms with van der Waals surface area (Å²) in [5.41, 5.74) is 1.02. The molecule has 0 radical (unpaired) electrons. The van der Waals surface area contributed by atoms with E-state index in [4.69, 9.17) is 4.74 Å². The van der Waals surface area contributed by atoms with Gasteiger partial charge in [0, 0.05) is 38.9 Å². The Bertz CT molecular complexity index is 501. The molecule has 23 heavy (non-hydrogen) atoms. The number of nitro benzene ring substituents is 1. The first-order chi connectivity index (χ1) is 11.0. The molecule has 0 aromatic heterocycles. The van der Waals surface area contributed by atoms with Crippen molar-refractivity contribution in [2.75, 3.05) is 26.8 Å². The van der Waals surface area contributed by atoms with Crippen LogP contribution in [0.1, 0.15) is 25.8 Å². The average Bonchev–Trinajstić information content (AvgIpc) is 2.53. The van der Waals surface area contributed by atoms with Crippen LogP contribution in [0, 0.1) is 16.0 Å². The summed E-state index contributed by atoms with van der Waals surface area (Å²) >= 11 is 0. The van der Waals surface area contributed by atoms with E-state index in [1.54, 1.807) is 19.2 Å². The zero-order valence-corrected chi connectivity index (χ0v) is 14.0. The molecule has 1 aromatic rings. The lowest BCUT2D eigenvalue weighted by Gasteiger charge is -2.14. The first kappa shape index (κ1) is 18.9. The van der Waals surface area contributed by atoms with Gasteiger partial charge in [0.1, 0.15) is 0 Å². The Morgan fingerprint density at radius 2 is 2.00 bits per heavy atom. The van der Waals surface area contributed by atoms with Crippen LogP contribution < -0.4 is 10.6 Å². The number of guanidine groups is 1. The van der Waals surface area contributed by atoms with E-state index in [2.05, 4.69) is 29.5 Å². The van der Waals surface area contributed by atoms with Crippen molar-refractivity contribution in [3.63, 3.8) is 0 Å². The van der Waals surface area contributed by atoms with Crippen molar-refractivity contribution in [3.8, 4) is 0 Å². The highest BCUT2D eigenvalue weighted by Crippen LogP contribution is 2.12. The summed E-state index contributed by atoms with van der Waals surface area (Å²) < 4.78 is 5.03. The molecule has 0 heterocycles. The van der Waals surface area contributed by atoms with Crippen molar-refractivity contribution >= 4 is 11.6 Å². The molecule has 0 aliphatic heterocycles. The molecule has 0 aliphatic carbocycles. The van der Waals surface area contributed by atoms with Crippen LogP contribution >= 0.6 is 0 Å². The fourth-order valence-corrected chi connectivity index (χ4v) is 1.79. The maximum atomic E-state index is 10.6. The van der Waals surface area contributed by atoms with Crippen molar-refractivity contribution < 1.29 is 9.66 Å². The number of hydrogen-bond acceptors (Lipinski definition) is 4. The summed E-state index contributed by atoms with van der Waals surface area (Å²) in [6, 6.07) is 6.45. The number of methoxy groups -OCH3 is 1. The normalized spacial score (nSPS) is 11.6. The molecule has 0 atom stereocenters. The van der Waals surface area contributed by atoms with Crippen molar-refractivity contribution in [2.24, 2.45) is 10.9 Å². The van der Waals surface area contributed by atoms with E-state index >= 15 is 0 Å². The number of nitrogens with one attached hydrogen (secondary N) is 2. The van der Waals surface area contributed by atoms with Gasteiger partial charge in [-0.1, -0.05) is 26.0 Å². The molecule has 1 rings (SSSR count). The van der Waals surface area contributed by atoms with Gasteiger partial charge in [0.2, 0.25) is 0 Å². The highest BCUT2D eigenvalue weighted by Gasteiger charge is 2.04. The van der Waals surface area contributed by atoms with Crippen molar-refractivity contribution in [3.05, 3.63) is 39.9 Å². The van der Waals surface area contributed by atoms with E-state index in [1.807, 2.05) is 0 Å². The quantitative estimate of drug-likeness (QED) is 0.239. The fraction of sp³-hybridized carbons (Fsp3) is 0.562. The Balaban J connectivity index is 2.60. The van der Waals surface area contributed by atoms with Gasteiger partial charge in [0.15, 0.2) is 5.96 Å². The number of benzene rings is 1. The van der Waals surface area contributed by atoms with Crippen LogP contribution in [0.5, 0.6) is 0 Å². The van der Waals surface area contributed by atoms with Gasteiger partial charge in [0.25, 0.3) is 5.69 Å². The maximum Gasteiger partial charge on any atom is 0.269 e. The first-order valence-electron chi connectivity index (χ1n) is 7.77. The Morgan fingerprint density at radius 1 is 1.30 bits per heavy atom. The number of nitro groups is 1. The van der Waals surface area contributed by atoms with E-state index in [0.717, 1.165) is 31.0 Å². The zero-order valence-electron chi connectivity index (χ0n) is 14.0. The van der Waals surface area contributed by atoms with E-state index in [9.17, 15) is 10.1 Å². The molecule has 0 saturated heterocycles. The number of non-ortho nitro benzene ring substituents is 1. The van der Waals surface area contributed by atoms with Crippen LogP contribution in [0.4, 0.5) is 5.69 Å². The van der Waals surface area contributed by atoms with Crippen molar-refractivity contribution in [1.29, 1.82) is 0 Å². The Labute approximate surface area is 137 Å². The monoisotopic (exact) mass is 322 g/mol. The van der Waals surface area contributed by atoms with Crippen LogP contribution in [-0.4, -0.2) is 37.7 Å². The molecule has 128 valence electrons. The summed E-state index contributed by atoms with van der Waals surface area (Å²) in [6.07, 6.45) is 0.899. The van der Waals surface area contributed by atoms with Gasteiger partial charge < -0.3 is 15.4 Å². The second kappa shape index (κ2) is 10.6. The van der Waals surface area contributed by atoms with Gasteiger partial charge in [-0.25, -0.2) is 4.99 Å². The number of ether oxygens (including phenoxy) is 1. The maximum absolute atomic E-state index is 10.6.